The second-order valence-electron chi connectivity index (χ2n) is 6.73. The van der Waals surface area contributed by atoms with Gasteiger partial charge in [0.15, 0.2) is 13.2 Å². The zero-order chi connectivity index (χ0) is 20.5. The summed E-state index contributed by atoms with van der Waals surface area (Å²) in [5.41, 5.74) is 2.91. The van der Waals surface area contributed by atoms with Crippen molar-refractivity contribution in [3.8, 4) is 11.5 Å². The van der Waals surface area contributed by atoms with E-state index in [1.807, 2.05) is 49.4 Å². The number of benzene rings is 2. The van der Waals surface area contributed by atoms with E-state index < -0.39 is 11.9 Å². The molecule has 0 aliphatic heterocycles. The molecule has 0 unspecified atom stereocenters. The lowest BCUT2D eigenvalue weighted by molar-refractivity contribution is -0.150. The number of aryl methyl sites for hydroxylation is 1. The lowest BCUT2D eigenvalue weighted by Gasteiger charge is -2.14. The molecule has 6 nitrogen and oxygen atoms in total. The Morgan fingerprint density at radius 1 is 1.04 bits per heavy atom. The molecule has 0 aromatic heterocycles. The average Bonchev–Trinajstić information content (AvgIpc) is 2.69. The molecular formula is C22H27NO5. The zero-order valence-corrected chi connectivity index (χ0v) is 16.8. The summed E-state index contributed by atoms with van der Waals surface area (Å²) < 4.78 is 15.8. The van der Waals surface area contributed by atoms with Crippen LogP contribution in [0.1, 0.15) is 36.5 Å². The SMILES string of the molecule is COc1ccccc1CNC(=O)COC(=O)COc1cc(C)ccc1C(C)C. The summed E-state index contributed by atoms with van der Waals surface area (Å²) in [6.45, 7) is 5.76. The molecule has 0 aliphatic carbocycles. The number of esters is 1. The fraction of sp³-hybridized carbons (Fsp3) is 0.364. The first kappa shape index (κ1) is 21.3. The molecule has 0 saturated heterocycles. The van der Waals surface area contributed by atoms with Crippen molar-refractivity contribution in [2.24, 2.45) is 0 Å². The molecule has 0 heterocycles. The molecule has 1 amide bonds. The maximum atomic E-state index is 11.9. The summed E-state index contributed by atoms with van der Waals surface area (Å²) in [6, 6.07) is 13.3. The van der Waals surface area contributed by atoms with Crippen LogP contribution in [0.4, 0.5) is 0 Å². The second kappa shape index (κ2) is 10.3. The van der Waals surface area contributed by atoms with Gasteiger partial charge in [-0.05, 0) is 36.1 Å². The van der Waals surface area contributed by atoms with Crippen molar-refractivity contribution in [1.82, 2.24) is 5.32 Å². The maximum absolute atomic E-state index is 11.9. The van der Waals surface area contributed by atoms with Crippen LogP contribution >= 0.6 is 0 Å². The van der Waals surface area contributed by atoms with Crippen LogP contribution in [0.3, 0.4) is 0 Å². The van der Waals surface area contributed by atoms with Gasteiger partial charge in [-0.15, -0.1) is 0 Å². The highest BCUT2D eigenvalue weighted by atomic mass is 16.6. The van der Waals surface area contributed by atoms with Crippen molar-refractivity contribution in [1.29, 1.82) is 0 Å². The largest absolute Gasteiger partial charge is 0.496 e. The van der Waals surface area contributed by atoms with Gasteiger partial charge in [0.05, 0.1) is 7.11 Å². The Kier molecular flexibility index (Phi) is 7.87. The summed E-state index contributed by atoms with van der Waals surface area (Å²) in [5.74, 6) is 0.633. The van der Waals surface area contributed by atoms with E-state index in [1.54, 1.807) is 7.11 Å². The molecule has 0 radical (unpaired) electrons. The second-order valence-corrected chi connectivity index (χ2v) is 6.73. The molecule has 0 aliphatic rings. The Hall–Kier alpha value is -3.02. The maximum Gasteiger partial charge on any atom is 0.344 e. The molecule has 0 atom stereocenters. The fourth-order valence-electron chi connectivity index (χ4n) is 2.66. The van der Waals surface area contributed by atoms with Gasteiger partial charge in [-0.1, -0.05) is 44.2 Å². The highest BCUT2D eigenvalue weighted by Crippen LogP contribution is 2.27. The van der Waals surface area contributed by atoms with Crippen LogP contribution in [-0.2, 0) is 20.9 Å². The molecule has 6 heteroatoms. The Labute approximate surface area is 165 Å². The minimum absolute atomic E-state index is 0.247. The predicted octanol–water partition coefficient (Wildman–Crippen LogP) is 3.37. The smallest absolute Gasteiger partial charge is 0.344 e. The molecule has 2 aromatic rings. The number of carbonyl (C=O) groups excluding carboxylic acids is 2. The van der Waals surface area contributed by atoms with E-state index >= 15 is 0 Å². The van der Waals surface area contributed by atoms with Crippen LogP contribution in [0.5, 0.6) is 11.5 Å². The molecule has 150 valence electrons. The number of hydrogen-bond donors (Lipinski definition) is 1. The van der Waals surface area contributed by atoms with Crippen molar-refractivity contribution in [2.45, 2.75) is 33.2 Å². The summed E-state index contributed by atoms with van der Waals surface area (Å²) in [6.07, 6.45) is 0. The van der Waals surface area contributed by atoms with E-state index in [0.717, 1.165) is 16.7 Å². The normalized spacial score (nSPS) is 10.5. The molecule has 2 aromatic carbocycles. The molecule has 1 N–H and O–H groups in total. The first-order valence-corrected chi connectivity index (χ1v) is 9.18. The summed E-state index contributed by atoms with van der Waals surface area (Å²) in [4.78, 5) is 23.8. The average molecular weight is 385 g/mol. The van der Waals surface area contributed by atoms with Crippen molar-refractivity contribution in [2.75, 3.05) is 20.3 Å². The van der Waals surface area contributed by atoms with E-state index in [4.69, 9.17) is 14.2 Å². The van der Waals surface area contributed by atoms with E-state index in [9.17, 15) is 9.59 Å². The monoisotopic (exact) mass is 385 g/mol. The number of ether oxygens (including phenoxy) is 3. The number of methoxy groups -OCH3 is 1. The van der Waals surface area contributed by atoms with Crippen LogP contribution in [-0.4, -0.2) is 32.2 Å². The van der Waals surface area contributed by atoms with Gasteiger partial charge in [-0.25, -0.2) is 4.79 Å². The van der Waals surface area contributed by atoms with E-state index in [0.29, 0.717) is 11.5 Å². The number of amides is 1. The predicted molar refractivity (Wildman–Crippen MR) is 107 cm³/mol. The minimum atomic E-state index is -0.594. The topological polar surface area (TPSA) is 73.9 Å². The molecule has 28 heavy (non-hydrogen) atoms. The van der Waals surface area contributed by atoms with Gasteiger partial charge < -0.3 is 19.5 Å². The van der Waals surface area contributed by atoms with Crippen molar-refractivity contribution < 1.29 is 23.8 Å². The Balaban J connectivity index is 1.78. The molecule has 0 saturated carbocycles. The van der Waals surface area contributed by atoms with Gasteiger partial charge in [0.2, 0.25) is 0 Å². The van der Waals surface area contributed by atoms with Gasteiger partial charge in [0, 0.05) is 12.1 Å². The first-order chi connectivity index (χ1) is 13.4. The number of carbonyl (C=O) groups is 2. The van der Waals surface area contributed by atoms with E-state index in [-0.39, 0.29) is 25.7 Å². The first-order valence-electron chi connectivity index (χ1n) is 9.18. The number of nitrogens with one attached hydrogen (secondary N) is 1. The van der Waals surface area contributed by atoms with Gasteiger partial charge in [0.1, 0.15) is 11.5 Å². The minimum Gasteiger partial charge on any atom is -0.496 e. The van der Waals surface area contributed by atoms with E-state index in [2.05, 4.69) is 19.2 Å². The van der Waals surface area contributed by atoms with Crippen molar-refractivity contribution in [3.05, 3.63) is 59.2 Å². The van der Waals surface area contributed by atoms with Crippen LogP contribution in [0.2, 0.25) is 0 Å². The number of rotatable bonds is 9. The summed E-state index contributed by atoms with van der Waals surface area (Å²) in [5, 5.41) is 2.70. The molecule has 0 fully saturated rings. The van der Waals surface area contributed by atoms with Gasteiger partial charge in [0.25, 0.3) is 5.91 Å². The molecular weight excluding hydrogens is 358 g/mol. The third kappa shape index (κ3) is 6.30. The summed E-state index contributed by atoms with van der Waals surface area (Å²) in [7, 11) is 1.57. The van der Waals surface area contributed by atoms with Crippen LogP contribution in [0.15, 0.2) is 42.5 Å². The Morgan fingerprint density at radius 3 is 2.50 bits per heavy atom. The molecule has 0 spiro atoms. The van der Waals surface area contributed by atoms with Crippen LogP contribution in [0, 0.1) is 6.92 Å². The van der Waals surface area contributed by atoms with Gasteiger partial charge >= 0.3 is 5.97 Å². The molecule has 2 rings (SSSR count). The lowest BCUT2D eigenvalue weighted by Crippen LogP contribution is -2.29. The highest BCUT2D eigenvalue weighted by Gasteiger charge is 2.12. The van der Waals surface area contributed by atoms with Gasteiger partial charge in [-0.3, -0.25) is 4.79 Å². The van der Waals surface area contributed by atoms with Crippen molar-refractivity contribution >= 4 is 11.9 Å². The number of para-hydroxylation sites is 1. The fourth-order valence-corrected chi connectivity index (χ4v) is 2.66. The Morgan fingerprint density at radius 2 is 1.79 bits per heavy atom. The Bertz CT molecular complexity index is 816. The third-order valence-corrected chi connectivity index (χ3v) is 4.17. The van der Waals surface area contributed by atoms with Crippen LogP contribution in [0.25, 0.3) is 0 Å². The quantitative estimate of drug-likeness (QED) is 0.670. The van der Waals surface area contributed by atoms with Gasteiger partial charge in [-0.2, -0.15) is 0 Å². The standard InChI is InChI=1S/C22H27NO5/c1-15(2)18-10-9-16(3)11-20(18)27-14-22(25)28-13-21(24)23-12-17-7-5-6-8-19(17)26-4/h5-11,15H,12-14H2,1-4H3,(H,23,24). The third-order valence-electron chi connectivity index (χ3n) is 4.17. The highest BCUT2D eigenvalue weighted by molar-refractivity contribution is 5.81. The van der Waals surface area contributed by atoms with Crippen molar-refractivity contribution in [3.63, 3.8) is 0 Å². The lowest BCUT2D eigenvalue weighted by atomic mass is 10.0. The van der Waals surface area contributed by atoms with Crippen LogP contribution < -0.4 is 14.8 Å². The summed E-state index contributed by atoms with van der Waals surface area (Å²) >= 11 is 0. The van der Waals surface area contributed by atoms with E-state index in [1.165, 1.54) is 0 Å². The zero-order valence-electron chi connectivity index (χ0n) is 16.8. The molecule has 0 bridgehead atoms. The number of hydrogen-bond acceptors (Lipinski definition) is 5.